The lowest BCUT2D eigenvalue weighted by Crippen LogP contribution is -2.21. The molecule has 1 aliphatic heterocycles. The van der Waals surface area contributed by atoms with Crippen LogP contribution in [0, 0.1) is 0 Å². The summed E-state index contributed by atoms with van der Waals surface area (Å²) in [7, 11) is -2.18. The molecule has 1 heterocycles. The van der Waals surface area contributed by atoms with Gasteiger partial charge >= 0.3 is 0 Å². The van der Waals surface area contributed by atoms with Crippen molar-refractivity contribution in [2.75, 3.05) is 24.5 Å². The third-order valence-electron chi connectivity index (χ3n) is 3.01. The van der Waals surface area contributed by atoms with Gasteiger partial charge in [0.2, 0.25) is 0 Å². The molecule has 2 rings (SSSR count). The van der Waals surface area contributed by atoms with Crippen molar-refractivity contribution in [3.8, 4) is 5.75 Å². The van der Waals surface area contributed by atoms with Crippen LogP contribution in [0.4, 0.5) is 5.69 Å². The zero-order valence-electron chi connectivity index (χ0n) is 11.7. The van der Waals surface area contributed by atoms with Crippen molar-refractivity contribution in [3.63, 3.8) is 0 Å². The van der Waals surface area contributed by atoms with Crippen LogP contribution in [0.2, 0.25) is 0 Å². The number of methoxy groups -OCH3 is 1. The first-order valence-electron chi connectivity index (χ1n) is 6.27. The number of nitrogens with zero attached hydrogens (tertiary/aromatic N) is 2. The molecular formula is C13H16N2O5S. The third kappa shape index (κ3) is 3.06. The van der Waals surface area contributed by atoms with Crippen LogP contribution in [0.15, 0.2) is 28.2 Å². The summed E-state index contributed by atoms with van der Waals surface area (Å²) in [6.45, 7) is 1.25. The molecule has 7 nitrogen and oxygen atoms in total. The summed E-state index contributed by atoms with van der Waals surface area (Å²) in [5.74, 6) is -0.276. The molecule has 0 radical (unpaired) electrons. The van der Waals surface area contributed by atoms with Crippen molar-refractivity contribution in [2.45, 2.75) is 18.2 Å². The van der Waals surface area contributed by atoms with Crippen molar-refractivity contribution in [2.24, 2.45) is 5.10 Å². The maximum absolute atomic E-state index is 12.0. The number of hydrazone groups is 1. The molecule has 0 unspecified atom stereocenters. The fraction of sp³-hybridized carbons (Fsp3) is 0.385. The van der Waals surface area contributed by atoms with Gasteiger partial charge in [0.05, 0.1) is 30.8 Å². The highest BCUT2D eigenvalue weighted by Gasteiger charge is 2.27. The van der Waals surface area contributed by atoms with Gasteiger partial charge in [0.25, 0.3) is 5.91 Å². The van der Waals surface area contributed by atoms with Crippen LogP contribution in [0.3, 0.4) is 0 Å². The minimum absolute atomic E-state index is 0.0138. The molecule has 1 aliphatic rings. The predicted octanol–water partition coefficient (Wildman–Crippen LogP) is 0.574. The standard InChI is InChI=1S/C13H16N2O5S/c1-9-7-13(17)15(14-9)11-8-10(3-4-12(11)20-2)21(18,19)6-5-16/h3-4,8,16H,5-7H2,1-2H3. The zero-order chi connectivity index (χ0) is 15.6. The van der Waals surface area contributed by atoms with Gasteiger partial charge in [-0.15, -0.1) is 0 Å². The Balaban J connectivity index is 2.52. The summed E-state index contributed by atoms with van der Waals surface area (Å²) in [5.41, 5.74) is 0.920. The number of sulfone groups is 1. The number of hydrogen-bond donors (Lipinski definition) is 1. The van der Waals surface area contributed by atoms with E-state index >= 15 is 0 Å². The van der Waals surface area contributed by atoms with E-state index in [4.69, 9.17) is 9.84 Å². The number of ether oxygens (including phenoxy) is 1. The molecule has 1 amide bonds. The zero-order valence-corrected chi connectivity index (χ0v) is 12.6. The Kier molecular flexibility index (Phi) is 4.29. The van der Waals surface area contributed by atoms with E-state index in [-0.39, 0.29) is 28.7 Å². The van der Waals surface area contributed by atoms with E-state index in [9.17, 15) is 13.2 Å². The van der Waals surface area contributed by atoms with Gasteiger partial charge in [-0.3, -0.25) is 4.79 Å². The number of amides is 1. The fourth-order valence-electron chi connectivity index (χ4n) is 2.01. The summed E-state index contributed by atoms with van der Waals surface area (Å²) in [6.07, 6.45) is 0.191. The number of benzene rings is 1. The second-order valence-electron chi connectivity index (χ2n) is 4.59. The van der Waals surface area contributed by atoms with Crippen LogP contribution >= 0.6 is 0 Å². The maximum Gasteiger partial charge on any atom is 0.253 e. The first-order chi connectivity index (χ1) is 9.89. The quantitative estimate of drug-likeness (QED) is 0.857. The van der Waals surface area contributed by atoms with E-state index < -0.39 is 16.4 Å². The van der Waals surface area contributed by atoms with Crippen molar-refractivity contribution in [3.05, 3.63) is 18.2 Å². The van der Waals surface area contributed by atoms with Crippen molar-refractivity contribution < 1.29 is 23.1 Å². The molecule has 0 aliphatic carbocycles. The van der Waals surface area contributed by atoms with Gasteiger partial charge in [-0.05, 0) is 25.1 Å². The summed E-state index contributed by atoms with van der Waals surface area (Å²) in [6, 6.07) is 4.18. The van der Waals surface area contributed by atoms with Gasteiger partial charge in [-0.1, -0.05) is 0 Å². The Bertz CT molecular complexity index is 697. The Labute approximate surface area is 122 Å². The van der Waals surface area contributed by atoms with E-state index in [1.165, 1.54) is 25.3 Å². The third-order valence-corrected chi connectivity index (χ3v) is 4.70. The van der Waals surface area contributed by atoms with E-state index in [1.807, 2.05) is 0 Å². The maximum atomic E-state index is 12.0. The summed E-state index contributed by atoms with van der Waals surface area (Å²) < 4.78 is 29.2. The molecule has 0 aromatic heterocycles. The monoisotopic (exact) mass is 312 g/mol. The molecule has 0 spiro atoms. The fourth-order valence-corrected chi connectivity index (χ4v) is 3.05. The van der Waals surface area contributed by atoms with Gasteiger partial charge in [0.1, 0.15) is 11.4 Å². The normalized spacial score (nSPS) is 15.3. The molecule has 0 atom stereocenters. The lowest BCUT2D eigenvalue weighted by molar-refractivity contribution is -0.116. The SMILES string of the molecule is COc1ccc(S(=O)(=O)CCO)cc1N1N=C(C)CC1=O. The van der Waals surface area contributed by atoms with Crippen LogP contribution in [0.25, 0.3) is 0 Å². The highest BCUT2D eigenvalue weighted by atomic mass is 32.2. The molecule has 21 heavy (non-hydrogen) atoms. The molecule has 0 bridgehead atoms. The average Bonchev–Trinajstić information content (AvgIpc) is 2.76. The number of rotatable bonds is 5. The molecule has 1 N–H and O–H groups in total. The van der Waals surface area contributed by atoms with Crippen LogP contribution in [-0.4, -0.2) is 44.6 Å². The highest BCUT2D eigenvalue weighted by Crippen LogP contribution is 2.33. The summed E-state index contributed by atoms with van der Waals surface area (Å²) in [5, 5.41) is 14.1. The number of carbonyl (C=O) groups excluding carboxylic acids is 1. The number of aliphatic hydroxyl groups is 1. The van der Waals surface area contributed by atoms with Crippen LogP contribution in [0.1, 0.15) is 13.3 Å². The van der Waals surface area contributed by atoms with Gasteiger partial charge in [-0.25, -0.2) is 8.42 Å². The molecule has 1 aromatic carbocycles. The second kappa shape index (κ2) is 5.82. The lowest BCUT2D eigenvalue weighted by Gasteiger charge is -2.16. The van der Waals surface area contributed by atoms with E-state index in [0.717, 1.165) is 5.01 Å². The number of anilines is 1. The lowest BCUT2D eigenvalue weighted by atomic mass is 10.2. The molecule has 114 valence electrons. The predicted molar refractivity (Wildman–Crippen MR) is 77.3 cm³/mol. The Morgan fingerprint density at radius 2 is 2.14 bits per heavy atom. The topological polar surface area (TPSA) is 96.3 Å². The number of aliphatic hydroxyl groups excluding tert-OH is 1. The molecule has 0 saturated heterocycles. The van der Waals surface area contributed by atoms with Crippen LogP contribution in [0.5, 0.6) is 5.75 Å². The molecular weight excluding hydrogens is 296 g/mol. The van der Waals surface area contributed by atoms with Gasteiger partial charge < -0.3 is 9.84 Å². The van der Waals surface area contributed by atoms with E-state index in [0.29, 0.717) is 11.5 Å². The Morgan fingerprint density at radius 3 is 2.67 bits per heavy atom. The summed E-state index contributed by atoms with van der Waals surface area (Å²) >= 11 is 0. The smallest absolute Gasteiger partial charge is 0.253 e. The molecule has 0 saturated carbocycles. The minimum atomic E-state index is -3.61. The van der Waals surface area contributed by atoms with Crippen LogP contribution in [-0.2, 0) is 14.6 Å². The molecule has 8 heteroatoms. The largest absolute Gasteiger partial charge is 0.494 e. The van der Waals surface area contributed by atoms with E-state index in [1.54, 1.807) is 6.92 Å². The molecule has 0 fully saturated rings. The van der Waals surface area contributed by atoms with Crippen LogP contribution < -0.4 is 9.75 Å². The number of carbonyl (C=O) groups is 1. The van der Waals surface area contributed by atoms with Gasteiger partial charge in [0, 0.05) is 5.71 Å². The summed E-state index contributed by atoms with van der Waals surface area (Å²) in [4.78, 5) is 11.9. The van der Waals surface area contributed by atoms with Crippen molar-refractivity contribution in [1.82, 2.24) is 0 Å². The van der Waals surface area contributed by atoms with Crippen molar-refractivity contribution in [1.29, 1.82) is 0 Å². The highest BCUT2D eigenvalue weighted by molar-refractivity contribution is 7.91. The van der Waals surface area contributed by atoms with Gasteiger partial charge in [-0.2, -0.15) is 10.1 Å². The number of hydrogen-bond acceptors (Lipinski definition) is 6. The first kappa shape index (κ1) is 15.5. The van der Waals surface area contributed by atoms with Crippen molar-refractivity contribution >= 4 is 27.1 Å². The molecule has 1 aromatic rings. The van der Waals surface area contributed by atoms with Gasteiger partial charge in [0.15, 0.2) is 9.84 Å². The van der Waals surface area contributed by atoms with E-state index in [2.05, 4.69) is 5.10 Å². The average molecular weight is 312 g/mol. The Hall–Kier alpha value is -1.93. The Morgan fingerprint density at radius 1 is 1.43 bits per heavy atom. The first-order valence-corrected chi connectivity index (χ1v) is 7.93. The minimum Gasteiger partial charge on any atom is -0.494 e. The second-order valence-corrected chi connectivity index (χ2v) is 6.70.